The molecule has 0 aromatic carbocycles. The van der Waals surface area contributed by atoms with Crippen LogP contribution in [0.2, 0.25) is 0 Å². The van der Waals surface area contributed by atoms with Crippen LogP contribution >= 0.6 is 141 Å². The molecule has 34 heterocycles. The first-order valence-corrected chi connectivity index (χ1v) is 47.5. The van der Waals surface area contributed by atoms with E-state index in [0.717, 1.165) is 138 Å². The quantitative estimate of drug-likeness (QED) is 0.284. The lowest BCUT2D eigenvalue weighted by Crippen LogP contribution is -2.54. The second-order valence-electron chi connectivity index (χ2n) is 24.1. The Balaban J connectivity index is 0.481. The van der Waals surface area contributed by atoms with Gasteiger partial charge in [-0.3, -0.25) is 0 Å². The summed E-state index contributed by atoms with van der Waals surface area (Å²) < 4.78 is 148. The fraction of sp³-hybridized carbons (Fsp3) is 1.00. The van der Waals surface area contributed by atoms with Crippen LogP contribution in [0.25, 0.3) is 0 Å². The summed E-state index contributed by atoms with van der Waals surface area (Å²) in [5.74, 6) is 20.6. The first-order valence-electron chi connectivity index (χ1n) is 33.7. The van der Waals surface area contributed by atoms with Crippen molar-refractivity contribution in [2.75, 3.05) is 217 Å². The highest BCUT2D eigenvalue weighted by Crippen LogP contribution is 2.34. The highest BCUT2D eigenvalue weighted by Gasteiger charge is 2.45. The number of thioether (sulfide) groups is 12. The summed E-state index contributed by atoms with van der Waals surface area (Å²) in [7, 11) is 0. The maximum atomic E-state index is 6.27. The van der Waals surface area contributed by atoms with Crippen molar-refractivity contribution in [3.8, 4) is 0 Å². The summed E-state index contributed by atoms with van der Waals surface area (Å²) in [4.78, 5) is 0. The lowest BCUT2D eigenvalue weighted by molar-refractivity contribution is -0.326. The SMILES string of the molecule is C1CSC[C@@H]2OC[C@@H]3O[C@H](CSCCSC[C@@H]4OC[C@@H]5O[C@H](CSCCSC[C@@H]6OC[C@@H]7O[C@H](CSCCSC[C@@H]8OC[C@@H]9O[C@H](CSCCSC[C@@H]%10OC[C@@H]%11O[C@H](CSCCSC[C@@H]%12OC[C@@H]%13OC(CS1)OC[C@@H]%13O%12)OC[C@@H]%11O%10)OC[C@@H]9O8)OC[C@@H]7O6)OC[C@@H]5O4)OC[C@@H]3O2. The molecule has 1 unspecified atom stereocenters. The fourth-order valence-electron chi connectivity index (χ4n) is 12.0. The molecule has 0 aliphatic carbocycles. The Morgan fingerprint density at radius 1 is 0.125 bits per heavy atom. The normalized spacial score (nSPS) is 45.0. The summed E-state index contributed by atoms with van der Waals surface area (Å²) in [6, 6.07) is 0. The Bertz CT molecular complexity index is 1670. The lowest BCUT2D eigenvalue weighted by atomic mass is 10.2. The molecule has 36 heteroatoms. The predicted octanol–water partition coefficient (Wildman–Crippen LogP) is 5.70. The molecule has 0 spiro atoms. The monoisotopic (exact) mass is 1580 g/mol. The van der Waals surface area contributed by atoms with Crippen LogP contribution in [0.5, 0.6) is 0 Å². The molecule has 0 aromatic heterocycles. The third kappa shape index (κ3) is 25.1. The van der Waals surface area contributed by atoms with Gasteiger partial charge in [-0.15, -0.1) is 0 Å². The lowest BCUT2D eigenvalue weighted by Gasteiger charge is -2.42. The van der Waals surface area contributed by atoms with Gasteiger partial charge < -0.3 is 114 Å². The minimum absolute atomic E-state index is 0.129. The second-order valence-corrected chi connectivity index (χ2v) is 37.9. The van der Waals surface area contributed by atoms with E-state index in [2.05, 4.69) is 0 Å². The molecule has 96 heavy (non-hydrogen) atoms. The molecule has 0 aromatic rings. The molecule has 552 valence electrons. The molecule has 0 saturated carbocycles. The molecular weight excluding hydrogens is 1490 g/mol. The van der Waals surface area contributed by atoms with Crippen molar-refractivity contribution in [1.82, 2.24) is 0 Å². The highest BCUT2D eigenvalue weighted by atomic mass is 32.2. The van der Waals surface area contributed by atoms with E-state index < -0.39 is 0 Å². The van der Waals surface area contributed by atoms with Gasteiger partial charge in [0.2, 0.25) is 0 Å². The van der Waals surface area contributed by atoms with Crippen LogP contribution in [0.1, 0.15) is 0 Å². The Morgan fingerprint density at radius 2 is 0.208 bits per heavy atom. The smallest absolute Gasteiger partial charge is 0.167 e. The van der Waals surface area contributed by atoms with Gasteiger partial charge in [0, 0.05) is 138 Å². The van der Waals surface area contributed by atoms with E-state index in [-0.39, 0.29) is 149 Å². The Labute approximate surface area is 615 Å². The zero-order valence-corrected chi connectivity index (χ0v) is 63.8. The van der Waals surface area contributed by atoms with Crippen LogP contribution < -0.4 is 0 Å². The summed E-state index contributed by atoms with van der Waals surface area (Å²) in [5.41, 5.74) is 0. The Morgan fingerprint density at radius 3 is 0.292 bits per heavy atom. The van der Waals surface area contributed by atoms with E-state index >= 15 is 0 Å². The zero-order chi connectivity index (χ0) is 64.8. The zero-order valence-electron chi connectivity index (χ0n) is 54.0. The minimum Gasteiger partial charge on any atom is -0.349 e. The molecule has 24 bridgehead atoms. The van der Waals surface area contributed by atoms with Crippen molar-refractivity contribution < 1.29 is 114 Å². The van der Waals surface area contributed by atoms with Crippen LogP contribution in [0.4, 0.5) is 0 Å². The molecule has 24 nitrogen and oxygen atoms in total. The van der Waals surface area contributed by atoms with E-state index in [1.54, 1.807) is 0 Å². The van der Waals surface area contributed by atoms with E-state index in [1.807, 2.05) is 141 Å². The number of hydrogen-bond donors (Lipinski definition) is 0. The summed E-state index contributed by atoms with van der Waals surface area (Å²) in [6.45, 7) is 6.06. The second kappa shape index (κ2) is 42.8. The van der Waals surface area contributed by atoms with E-state index in [1.165, 1.54) is 0 Å². The van der Waals surface area contributed by atoms with E-state index in [4.69, 9.17) is 114 Å². The third-order valence-corrected chi connectivity index (χ3v) is 30.6. The van der Waals surface area contributed by atoms with Gasteiger partial charge in [-0.1, -0.05) is 0 Å². The van der Waals surface area contributed by atoms with Crippen molar-refractivity contribution in [1.29, 1.82) is 0 Å². The van der Waals surface area contributed by atoms with Gasteiger partial charge in [-0.25, -0.2) is 0 Å². The van der Waals surface area contributed by atoms with Gasteiger partial charge in [0.15, 0.2) is 75.5 Å². The highest BCUT2D eigenvalue weighted by molar-refractivity contribution is 8.05. The van der Waals surface area contributed by atoms with Crippen molar-refractivity contribution >= 4 is 141 Å². The van der Waals surface area contributed by atoms with Gasteiger partial charge in [0.1, 0.15) is 73.2 Å². The van der Waals surface area contributed by atoms with Gasteiger partial charge in [-0.2, -0.15) is 141 Å². The molecule has 34 aliphatic heterocycles. The van der Waals surface area contributed by atoms with Crippen LogP contribution in [-0.4, -0.2) is 366 Å². The molecule has 0 amide bonds. The molecule has 34 fully saturated rings. The van der Waals surface area contributed by atoms with E-state index in [0.29, 0.717) is 79.3 Å². The molecule has 34 saturated heterocycles. The molecular formula is C60H96O24S12. The van der Waals surface area contributed by atoms with Crippen molar-refractivity contribution in [3.05, 3.63) is 0 Å². The molecule has 24 atom stereocenters. The number of rotatable bonds is 0. The number of hydrogen-bond acceptors (Lipinski definition) is 36. The maximum Gasteiger partial charge on any atom is 0.167 e. The molecule has 34 rings (SSSR count). The standard InChI is InChI=1S/C60H96O24S12/c1-2-86-26-50-62-15-40-39(74-50)16-64-52(76-40)28-88-5-6-90-30-54-66-19-44-43(78-54)20-68-56(80-44)32-92-9-10-94-34-58-70-23-48-47(82-58)24-72-60(84-48)36-96-12-11-95-35-59-71-22-45-46(83-59)21-69-57(81-45)33-93-8-7-91-31-55-67-18-41-42(79-55)17-65-53(77-41)29-89-4-3-87-27-51-63-14-37-38(75-51)13-61-49(73-37)25-85-1/h37-60H,1-36H2/t37-,38-,39-,40-,41-,42-,43-,44-,45-,46-,47-,48-,49+,50+,51+,52+,53+,54+,55+,56+,57+,58+,59+,60?/m0/s1. The van der Waals surface area contributed by atoms with Crippen molar-refractivity contribution in [3.63, 3.8) is 0 Å². The van der Waals surface area contributed by atoms with Crippen LogP contribution in [0, 0.1) is 0 Å². The maximum absolute atomic E-state index is 6.27. The first-order chi connectivity index (χ1) is 47.5. The molecule has 0 radical (unpaired) electrons. The summed E-state index contributed by atoms with van der Waals surface area (Å²) in [5, 5.41) is 0. The van der Waals surface area contributed by atoms with Crippen LogP contribution in [-0.2, 0) is 114 Å². The first kappa shape index (κ1) is 77.4. The minimum atomic E-state index is -0.280. The summed E-state index contributed by atoms with van der Waals surface area (Å²) in [6.07, 6.45) is -4.91. The topological polar surface area (TPSA) is 222 Å². The fourth-order valence-corrected chi connectivity index (χ4v) is 24.0. The van der Waals surface area contributed by atoms with Gasteiger partial charge in [-0.05, 0) is 0 Å². The van der Waals surface area contributed by atoms with Crippen molar-refractivity contribution in [2.45, 2.75) is 149 Å². The van der Waals surface area contributed by atoms with Gasteiger partial charge in [0.05, 0.1) is 79.3 Å². The largest absolute Gasteiger partial charge is 0.349 e. The van der Waals surface area contributed by atoms with Crippen LogP contribution in [0.15, 0.2) is 0 Å². The number of ether oxygens (including phenoxy) is 24. The molecule has 34 aliphatic rings. The Hall–Kier alpha value is 3.24. The summed E-state index contributed by atoms with van der Waals surface area (Å²) >= 11 is 21.9. The molecule has 0 N–H and O–H groups in total. The average molecular weight is 1590 g/mol. The Kier molecular flexibility index (Phi) is 34.5. The third-order valence-electron chi connectivity index (χ3n) is 17.0. The van der Waals surface area contributed by atoms with Crippen LogP contribution in [0.3, 0.4) is 0 Å². The van der Waals surface area contributed by atoms with Gasteiger partial charge in [0.25, 0.3) is 0 Å². The average Bonchev–Trinajstić information content (AvgIpc) is 0.989. The van der Waals surface area contributed by atoms with Crippen molar-refractivity contribution in [2.24, 2.45) is 0 Å². The van der Waals surface area contributed by atoms with Gasteiger partial charge >= 0.3 is 0 Å². The van der Waals surface area contributed by atoms with E-state index in [9.17, 15) is 0 Å². The predicted molar refractivity (Wildman–Crippen MR) is 383 cm³/mol.